The second kappa shape index (κ2) is 15.4. The predicted octanol–water partition coefficient (Wildman–Crippen LogP) is 5.27. The summed E-state index contributed by atoms with van der Waals surface area (Å²) in [7, 11) is 1.56. The average Bonchev–Trinajstić information content (AvgIpc) is 3.35. The quantitative estimate of drug-likeness (QED) is 0.302. The molecule has 3 fully saturated rings. The van der Waals surface area contributed by atoms with Crippen molar-refractivity contribution < 1.29 is 43.2 Å². The van der Waals surface area contributed by atoms with Crippen LogP contribution in [0.2, 0.25) is 0 Å². The van der Waals surface area contributed by atoms with E-state index >= 15 is 0 Å². The van der Waals surface area contributed by atoms with E-state index in [9.17, 15) is 24.3 Å². The van der Waals surface area contributed by atoms with Gasteiger partial charge in [0.15, 0.2) is 0 Å². The van der Waals surface area contributed by atoms with Gasteiger partial charge in [0.1, 0.15) is 35.3 Å². The van der Waals surface area contributed by atoms with E-state index in [0.29, 0.717) is 45.8 Å². The Kier molecular flexibility index (Phi) is 11.0. The number of nitrogens with one attached hydrogen (secondary N) is 2. The van der Waals surface area contributed by atoms with Crippen LogP contribution in [0.4, 0.5) is 4.79 Å². The third-order valence-electron chi connectivity index (χ3n) is 10.1. The summed E-state index contributed by atoms with van der Waals surface area (Å²) in [6.07, 6.45) is 9.42. The summed E-state index contributed by atoms with van der Waals surface area (Å²) < 4.78 is 24.0. The molecular weight excluding hydrogens is 712 g/mol. The first-order chi connectivity index (χ1) is 24.1. The molecule has 2 aromatic rings. The number of rotatable bonds is 8. The van der Waals surface area contributed by atoms with Crippen molar-refractivity contribution in [2.75, 3.05) is 20.3 Å². The second-order valence-electron chi connectivity index (χ2n) is 13.6. The maximum atomic E-state index is 14.1. The molecule has 13 nitrogen and oxygen atoms in total. The van der Waals surface area contributed by atoms with E-state index in [4.69, 9.17) is 18.9 Å². The summed E-state index contributed by atoms with van der Waals surface area (Å²) in [4.78, 5) is 59.5. The van der Waals surface area contributed by atoms with E-state index in [-0.39, 0.29) is 43.7 Å². The number of pyridine rings is 1. The molecule has 14 heteroatoms. The summed E-state index contributed by atoms with van der Waals surface area (Å²) >= 11 is 3.58. The van der Waals surface area contributed by atoms with Gasteiger partial charge in [0, 0.05) is 36.3 Å². The fraction of sp³-hybridized carbons (Fsp3) is 0.583. The molecule has 6 rings (SSSR count). The summed E-state index contributed by atoms with van der Waals surface area (Å²) in [5, 5.41) is 16.6. The van der Waals surface area contributed by atoms with Crippen molar-refractivity contribution in [3.8, 4) is 17.4 Å². The highest BCUT2D eigenvalue weighted by Crippen LogP contribution is 2.46. The third kappa shape index (κ3) is 7.79. The molecule has 50 heavy (non-hydrogen) atoms. The van der Waals surface area contributed by atoms with Crippen molar-refractivity contribution in [3.05, 3.63) is 34.8 Å². The van der Waals surface area contributed by atoms with Crippen LogP contribution in [0, 0.1) is 5.92 Å². The average molecular weight is 758 g/mol. The number of halogens is 1. The molecule has 3 N–H and O–H groups in total. The zero-order valence-corrected chi connectivity index (χ0v) is 30.0. The van der Waals surface area contributed by atoms with Gasteiger partial charge in [0.2, 0.25) is 17.7 Å². The number of benzene rings is 1. The predicted molar refractivity (Wildman–Crippen MR) is 186 cm³/mol. The molecule has 3 heterocycles. The zero-order chi connectivity index (χ0) is 35.4. The van der Waals surface area contributed by atoms with Crippen LogP contribution in [-0.4, -0.2) is 89.0 Å². The Labute approximate surface area is 299 Å². The third-order valence-corrected chi connectivity index (χ3v) is 10.9. The van der Waals surface area contributed by atoms with Crippen LogP contribution in [0.25, 0.3) is 10.9 Å². The van der Waals surface area contributed by atoms with Crippen LogP contribution >= 0.6 is 15.9 Å². The first-order valence-corrected chi connectivity index (χ1v) is 18.4. The van der Waals surface area contributed by atoms with E-state index < -0.39 is 41.7 Å². The Morgan fingerprint density at radius 2 is 1.90 bits per heavy atom. The minimum atomic E-state index is -1.42. The molecular formula is C36H45BrN4O9. The minimum Gasteiger partial charge on any atom is -0.495 e. The lowest BCUT2D eigenvalue weighted by Gasteiger charge is -2.27. The Balaban J connectivity index is 1.27. The van der Waals surface area contributed by atoms with Crippen molar-refractivity contribution >= 4 is 50.7 Å². The van der Waals surface area contributed by atoms with Crippen LogP contribution < -0.4 is 24.8 Å². The van der Waals surface area contributed by atoms with Crippen molar-refractivity contribution in [1.29, 1.82) is 0 Å². The Bertz CT molecular complexity index is 1650. The number of hydrogen-bond donors (Lipinski definition) is 3. The van der Waals surface area contributed by atoms with Crippen molar-refractivity contribution in [2.24, 2.45) is 5.92 Å². The van der Waals surface area contributed by atoms with Crippen molar-refractivity contribution in [1.82, 2.24) is 20.5 Å². The number of carbonyl (C=O) groups excluding carboxylic acids is 3. The highest BCUT2D eigenvalue weighted by molar-refractivity contribution is 9.10. The summed E-state index contributed by atoms with van der Waals surface area (Å²) in [6.45, 7) is 2.29. The molecule has 1 aromatic heterocycles. The summed E-state index contributed by atoms with van der Waals surface area (Å²) in [6, 6.07) is 3.79. The molecule has 1 saturated heterocycles. The van der Waals surface area contributed by atoms with E-state index in [1.165, 1.54) is 4.90 Å². The first-order valence-electron chi connectivity index (χ1n) is 17.6. The second-order valence-corrected chi connectivity index (χ2v) is 14.3. The van der Waals surface area contributed by atoms with Gasteiger partial charge in [-0.05, 0) is 86.4 Å². The number of carboxylic acid groups (broad SMARTS) is 1. The molecule has 4 aliphatic rings. The van der Waals surface area contributed by atoms with E-state index in [1.807, 2.05) is 25.1 Å². The molecule has 1 aromatic carbocycles. The smallest absolute Gasteiger partial charge is 0.407 e. The fourth-order valence-electron chi connectivity index (χ4n) is 7.34. The van der Waals surface area contributed by atoms with Gasteiger partial charge in [0.25, 0.3) is 0 Å². The summed E-state index contributed by atoms with van der Waals surface area (Å²) in [5.74, 6) is -0.979. The SMILES string of the molecule is CCOc1cc(O[C@@H]2C[C@H]3C(=O)N[C@]4(C(=O)O)C[C@@H]4/C=C\CCCC[C@H](NC(=O)OC4CCCC4)CC(=O)N3C2)c2ccc(OC)c(Br)c2n1. The van der Waals surface area contributed by atoms with Gasteiger partial charge in [-0.1, -0.05) is 18.6 Å². The number of aliphatic carboxylic acids is 1. The number of amides is 3. The standard InChI is InChI=1S/C36H45BrN4O9/c1-3-48-29-18-28(25-14-15-27(47-2)31(37)32(25)39-29)49-24-17-26-33(43)40-36(34(44)45)19-21(36)10-6-4-5-7-11-22(16-30(42)41(26)20-24)38-35(46)50-23-12-8-9-13-23/h6,10,14-15,18,21-24,26H,3-5,7-9,11-13,16-17,19-20H2,1-2H3,(H,38,46)(H,40,43)(H,44,45)/b10-6-/t21-,22-,24+,26-,36+/m0/s1. The summed E-state index contributed by atoms with van der Waals surface area (Å²) in [5.41, 5.74) is -0.865. The number of nitrogens with zero attached hydrogens (tertiary/aromatic N) is 2. The Hall–Kier alpha value is -4.07. The maximum Gasteiger partial charge on any atom is 0.407 e. The number of ether oxygens (including phenoxy) is 4. The van der Waals surface area contributed by atoms with Gasteiger partial charge in [-0.15, -0.1) is 0 Å². The Morgan fingerprint density at radius 3 is 2.64 bits per heavy atom. The molecule has 0 unspecified atom stereocenters. The molecule has 5 atom stereocenters. The van der Waals surface area contributed by atoms with Crippen molar-refractivity contribution in [3.63, 3.8) is 0 Å². The lowest BCUT2D eigenvalue weighted by Crippen LogP contribution is -2.53. The van der Waals surface area contributed by atoms with E-state index in [1.54, 1.807) is 19.2 Å². The molecule has 2 aliphatic carbocycles. The fourth-order valence-corrected chi connectivity index (χ4v) is 7.94. The van der Waals surface area contributed by atoms with Crippen LogP contribution in [0.15, 0.2) is 34.8 Å². The van der Waals surface area contributed by atoms with Gasteiger partial charge in [-0.2, -0.15) is 0 Å². The largest absolute Gasteiger partial charge is 0.495 e. The number of carboxylic acids is 1. The molecule has 0 bridgehead atoms. The molecule has 2 saturated carbocycles. The van der Waals surface area contributed by atoms with Crippen LogP contribution in [0.1, 0.15) is 77.6 Å². The number of methoxy groups -OCH3 is 1. The molecule has 3 amide bonds. The van der Waals surface area contributed by atoms with E-state index in [2.05, 4.69) is 31.5 Å². The highest BCUT2D eigenvalue weighted by atomic mass is 79.9. The molecule has 270 valence electrons. The topological polar surface area (TPSA) is 166 Å². The van der Waals surface area contributed by atoms with Gasteiger partial charge in [-0.25, -0.2) is 14.6 Å². The number of hydrogen-bond acceptors (Lipinski definition) is 9. The van der Waals surface area contributed by atoms with Crippen LogP contribution in [0.3, 0.4) is 0 Å². The number of fused-ring (bicyclic) bond motifs is 3. The highest BCUT2D eigenvalue weighted by Gasteiger charge is 2.61. The number of carbonyl (C=O) groups is 4. The minimum absolute atomic E-state index is 0.0434. The number of allylic oxidation sites excluding steroid dienone is 1. The number of aromatic nitrogens is 1. The Morgan fingerprint density at radius 1 is 1.12 bits per heavy atom. The van der Waals surface area contributed by atoms with Crippen molar-refractivity contribution in [2.45, 2.75) is 107 Å². The van der Waals surface area contributed by atoms with Gasteiger partial charge in [0.05, 0.1) is 30.3 Å². The maximum absolute atomic E-state index is 14.1. The molecule has 2 aliphatic heterocycles. The molecule has 0 spiro atoms. The first kappa shape index (κ1) is 35.7. The lowest BCUT2D eigenvalue weighted by molar-refractivity contribution is -0.145. The lowest BCUT2D eigenvalue weighted by atomic mass is 10.0. The number of alkyl carbamates (subject to hydrolysis) is 1. The zero-order valence-electron chi connectivity index (χ0n) is 28.5. The van der Waals surface area contributed by atoms with Gasteiger partial charge >= 0.3 is 12.1 Å². The van der Waals surface area contributed by atoms with E-state index in [0.717, 1.165) is 44.9 Å². The monoisotopic (exact) mass is 756 g/mol. The van der Waals surface area contributed by atoms with Gasteiger partial charge in [-0.3, -0.25) is 9.59 Å². The van der Waals surface area contributed by atoms with Crippen LogP contribution in [0.5, 0.6) is 17.4 Å². The van der Waals surface area contributed by atoms with Crippen LogP contribution in [-0.2, 0) is 19.1 Å². The van der Waals surface area contributed by atoms with Gasteiger partial charge < -0.3 is 39.6 Å². The normalized spacial score (nSPS) is 28.0. The molecule has 0 radical (unpaired) electrons.